The van der Waals surface area contributed by atoms with Crippen LogP contribution in [0.15, 0.2) is 36.4 Å². The summed E-state index contributed by atoms with van der Waals surface area (Å²) in [5.74, 6) is 0. The second kappa shape index (κ2) is 7.31. The Labute approximate surface area is 157 Å². The van der Waals surface area contributed by atoms with E-state index in [-0.39, 0.29) is 4.90 Å². The Morgan fingerprint density at radius 3 is 2.18 bits per heavy atom. The van der Waals surface area contributed by atoms with Gasteiger partial charge in [-0.15, -0.1) is 0 Å². The fourth-order valence-corrected chi connectivity index (χ4v) is 3.38. The van der Waals surface area contributed by atoms with Crippen LogP contribution in [0.2, 0.25) is 0 Å². The van der Waals surface area contributed by atoms with E-state index in [1.165, 1.54) is 12.1 Å². The van der Waals surface area contributed by atoms with Crippen LogP contribution >= 0.6 is 0 Å². The number of halogens is 6. The number of amides is 1. The van der Waals surface area contributed by atoms with Crippen LogP contribution in [-0.2, 0) is 4.74 Å². The molecule has 1 aromatic carbocycles. The van der Waals surface area contributed by atoms with Crippen molar-refractivity contribution in [2.45, 2.75) is 44.4 Å². The van der Waals surface area contributed by atoms with Crippen molar-refractivity contribution in [1.82, 2.24) is 4.90 Å². The zero-order valence-corrected chi connectivity index (χ0v) is 15.0. The number of allylic oxidation sites excluding steroid dienone is 1. The molecule has 1 amide bonds. The molecule has 1 N–H and O–H groups in total. The van der Waals surface area contributed by atoms with Crippen molar-refractivity contribution in [3.05, 3.63) is 42.0 Å². The summed E-state index contributed by atoms with van der Waals surface area (Å²) in [6.07, 6.45) is -13.0. The smallest absolute Gasteiger partial charge is 0.409 e. The molecule has 0 aliphatic carbocycles. The second-order valence-corrected chi connectivity index (χ2v) is 6.91. The lowest BCUT2D eigenvalue weighted by Gasteiger charge is -2.44. The van der Waals surface area contributed by atoms with Crippen molar-refractivity contribution in [2.75, 3.05) is 6.61 Å². The summed E-state index contributed by atoms with van der Waals surface area (Å²) in [6, 6.07) is 5.37. The highest BCUT2D eigenvalue weighted by Crippen LogP contribution is 2.58. The molecule has 1 fully saturated rings. The van der Waals surface area contributed by atoms with E-state index in [9.17, 15) is 36.2 Å². The molecule has 1 heterocycles. The lowest BCUT2D eigenvalue weighted by atomic mass is 9.74. The van der Waals surface area contributed by atoms with Gasteiger partial charge in [-0.2, -0.15) is 26.3 Å². The molecule has 1 aromatic rings. The van der Waals surface area contributed by atoms with Crippen molar-refractivity contribution in [1.29, 1.82) is 0 Å². The molecule has 0 bridgehead atoms. The highest BCUT2D eigenvalue weighted by molar-refractivity contribution is 5.67. The standard InChI is InChI=1S/C18H19F6NO3/c1-15(2)25(14(26)27)13(11-28-15)16(17(19,20)21,18(22,23)24)10-6-9-12-7-4-3-5-8-12/h3-9,13H,10-11H2,1-2H3,(H,26,27). The summed E-state index contributed by atoms with van der Waals surface area (Å²) >= 11 is 0. The number of alkyl halides is 6. The highest BCUT2D eigenvalue weighted by atomic mass is 19.4. The van der Waals surface area contributed by atoms with Gasteiger partial charge in [0.05, 0.1) is 12.6 Å². The van der Waals surface area contributed by atoms with Crippen LogP contribution in [0, 0.1) is 5.41 Å². The number of carbonyl (C=O) groups is 1. The second-order valence-electron chi connectivity index (χ2n) is 6.91. The van der Waals surface area contributed by atoms with Crippen molar-refractivity contribution in [3.8, 4) is 0 Å². The summed E-state index contributed by atoms with van der Waals surface area (Å²) in [6.45, 7) is 1.19. The van der Waals surface area contributed by atoms with Gasteiger partial charge in [-0.05, 0) is 25.8 Å². The summed E-state index contributed by atoms with van der Waals surface area (Å²) in [5, 5.41) is 9.31. The first-order valence-electron chi connectivity index (χ1n) is 8.25. The summed E-state index contributed by atoms with van der Waals surface area (Å²) in [4.78, 5) is 11.6. The van der Waals surface area contributed by atoms with E-state index in [4.69, 9.17) is 4.74 Å². The maximum absolute atomic E-state index is 13.9. The number of nitrogens with zero attached hydrogens (tertiary/aromatic N) is 1. The first-order chi connectivity index (χ1) is 12.7. The summed E-state index contributed by atoms with van der Waals surface area (Å²) in [5.41, 5.74) is -5.74. The van der Waals surface area contributed by atoms with Crippen LogP contribution < -0.4 is 0 Å². The molecule has 2 rings (SSSR count). The average molecular weight is 411 g/mol. The SMILES string of the molecule is CC1(C)OCC(C(CC=Cc2ccccc2)(C(F)(F)F)C(F)(F)F)N1C(=O)O. The average Bonchev–Trinajstić information content (AvgIpc) is 2.85. The van der Waals surface area contributed by atoms with Gasteiger partial charge in [0, 0.05) is 0 Å². The van der Waals surface area contributed by atoms with Gasteiger partial charge in [0.1, 0.15) is 5.72 Å². The van der Waals surface area contributed by atoms with E-state index in [1.807, 2.05) is 0 Å². The maximum Gasteiger partial charge on any atom is 0.409 e. The Bertz CT molecular complexity index is 713. The lowest BCUT2D eigenvalue weighted by Crippen LogP contribution is -2.64. The van der Waals surface area contributed by atoms with Gasteiger partial charge < -0.3 is 9.84 Å². The zero-order valence-electron chi connectivity index (χ0n) is 15.0. The van der Waals surface area contributed by atoms with Gasteiger partial charge in [0.25, 0.3) is 0 Å². The molecule has 156 valence electrons. The van der Waals surface area contributed by atoms with E-state index in [2.05, 4.69) is 0 Å². The van der Waals surface area contributed by atoms with Crippen LogP contribution in [0.5, 0.6) is 0 Å². The van der Waals surface area contributed by atoms with Crippen LogP contribution in [0.25, 0.3) is 6.08 Å². The monoisotopic (exact) mass is 411 g/mol. The quantitative estimate of drug-likeness (QED) is 0.683. The molecular formula is C18H19F6NO3. The minimum absolute atomic E-state index is 0.102. The first kappa shape index (κ1) is 22.1. The van der Waals surface area contributed by atoms with Gasteiger partial charge in [-0.1, -0.05) is 42.5 Å². The molecule has 1 aliphatic heterocycles. The maximum atomic E-state index is 13.9. The molecule has 0 spiro atoms. The molecule has 1 atom stereocenters. The van der Waals surface area contributed by atoms with Crippen LogP contribution in [0.3, 0.4) is 0 Å². The predicted octanol–water partition coefficient (Wildman–Crippen LogP) is 5.32. The highest BCUT2D eigenvalue weighted by Gasteiger charge is 2.76. The lowest BCUT2D eigenvalue weighted by molar-refractivity contribution is -0.353. The van der Waals surface area contributed by atoms with E-state index >= 15 is 0 Å². The fourth-order valence-electron chi connectivity index (χ4n) is 3.38. The van der Waals surface area contributed by atoms with Crippen molar-refractivity contribution < 1.29 is 41.0 Å². The Morgan fingerprint density at radius 2 is 1.71 bits per heavy atom. The molecule has 1 aliphatic rings. The molecule has 0 aromatic heterocycles. The van der Waals surface area contributed by atoms with Crippen molar-refractivity contribution >= 4 is 12.2 Å². The Balaban J connectivity index is 2.56. The summed E-state index contributed by atoms with van der Waals surface area (Å²) < 4.78 is 88.5. The molecule has 0 radical (unpaired) electrons. The number of rotatable bonds is 4. The number of hydrogen-bond acceptors (Lipinski definition) is 2. The van der Waals surface area contributed by atoms with Gasteiger partial charge >= 0.3 is 18.4 Å². The molecule has 4 nitrogen and oxygen atoms in total. The third kappa shape index (κ3) is 3.82. The van der Waals surface area contributed by atoms with E-state index in [0.717, 1.165) is 26.0 Å². The van der Waals surface area contributed by atoms with Crippen LogP contribution in [0.4, 0.5) is 31.1 Å². The molecule has 10 heteroatoms. The minimum Gasteiger partial charge on any atom is -0.465 e. The largest absolute Gasteiger partial charge is 0.465 e. The molecule has 1 unspecified atom stereocenters. The molecule has 28 heavy (non-hydrogen) atoms. The number of benzene rings is 1. The predicted molar refractivity (Wildman–Crippen MR) is 88.3 cm³/mol. The Hall–Kier alpha value is -2.23. The third-order valence-corrected chi connectivity index (χ3v) is 4.82. The van der Waals surface area contributed by atoms with E-state index in [1.54, 1.807) is 18.2 Å². The minimum atomic E-state index is -5.77. The number of hydrogen-bond donors (Lipinski definition) is 1. The van der Waals surface area contributed by atoms with Gasteiger partial charge in [0.2, 0.25) is 0 Å². The number of ether oxygens (including phenoxy) is 1. The fraction of sp³-hybridized carbons (Fsp3) is 0.500. The van der Waals surface area contributed by atoms with Crippen LogP contribution in [0.1, 0.15) is 25.8 Å². The van der Waals surface area contributed by atoms with Gasteiger partial charge in [-0.25, -0.2) is 4.79 Å². The van der Waals surface area contributed by atoms with E-state index in [0.29, 0.717) is 5.56 Å². The Kier molecular flexibility index (Phi) is 5.76. The van der Waals surface area contributed by atoms with Crippen molar-refractivity contribution in [2.24, 2.45) is 5.41 Å². The zero-order chi connectivity index (χ0) is 21.4. The normalized spacial score (nSPS) is 20.7. The van der Waals surface area contributed by atoms with Gasteiger partial charge in [-0.3, -0.25) is 4.90 Å². The van der Waals surface area contributed by atoms with Gasteiger partial charge in [0.15, 0.2) is 5.41 Å². The Morgan fingerprint density at radius 1 is 1.18 bits per heavy atom. The molecular weight excluding hydrogens is 392 g/mol. The first-order valence-corrected chi connectivity index (χ1v) is 8.25. The number of carboxylic acid groups (broad SMARTS) is 1. The topological polar surface area (TPSA) is 49.8 Å². The van der Waals surface area contributed by atoms with Crippen molar-refractivity contribution in [3.63, 3.8) is 0 Å². The molecule has 0 saturated carbocycles. The van der Waals surface area contributed by atoms with E-state index < -0.39 is 48.7 Å². The summed E-state index contributed by atoms with van der Waals surface area (Å²) in [7, 11) is 0. The third-order valence-electron chi connectivity index (χ3n) is 4.82. The van der Waals surface area contributed by atoms with Crippen LogP contribution in [-0.4, -0.2) is 46.8 Å². The molecule has 1 saturated heterocycles.